The molecule has 1 nitrogen and oxygen atoms in total. The summed E-state index contributed by atoms with van der Waals surface area (Å²) < 4.78 is 41.7. The minimum Gasteiger partial charge on any atom is -0.445 e. The second kappa shape index (κ2) is 4.04. The zero-order chi connectivity index (χ0) is 10.8. The Morgan fingerprint density at radius 2 is 1.64 bits per heavy atom. The van der Waals surface area contributed by atoms with Crippen LogP contribution < -0.4 is 5.46 Å². The first-order chi connectivity index (χ1) is 6.45. The lowest BCUT2D eigenvalue weighted by molar-refractivity contribution is 0.119. The van der Waals surface area contributed by atoms with Crippen LogP contribution in [0.15, 0.2) is 24.3 Å². The maximum atomic E-state index is 12.2. The van der Waals surface area contributed by atoms with Gasteiger partial charge in [-0.3, -0.25) is 0 Å². The van der Waals surface area contributed by atoms with E-state index in [-0.39, 0.29) is 6.10 Å². The molecule has 1 unspecified atom stereocenters. The van der Waals surface area contributed by atoms with Gasteiger partial charge in [0, 0.05) is 7.11 Å². The zero-order valence-corrected chi connectivity index (χ0v) is 8.01. The molecule has 0 aromatic heterocycles. The molecular weight excluding hydrogens is 192 g/mol. The summed E-state index contributed by atoms with van der Waals surface area (Å²) in [5.41, 5.74) is 0.174. The van der Waals surface area contributed by atoms with Crippen molar-refractivity contribution in [2.24, 2.45) is 0 Å². The highest BCUT2D eigenvalue weighted by Gasteiger charge is 2.25. The van der Waals surface area contributed by atoms with Crippen molar-refractivity contribution in [2.75, 3.05) is 7.11 Å². The Morgan fingerprint density at radius 3 is 2.00 bits per heavy atom. The predicted molar refractivity (Wildman–Crippen MR) is 50.6 cm³/mol. The Balaban J connectivity index is 2.89. The SMILES string of the molecule is COC(C)c1ccc([B-](F)(F)F)cc1. The molecule has 1 aromatic rings. The Kier molecular flexibility index (Phi) is 3.21. The van der Waals surface area contributed by atoms with E-state index >= 15 is 0 Å². The van der Waals surface area contributed by atoms with E-state index in [1.807, 2.05) is 0 Å². The van der Waals surface area contributed by atoms with Crippen molar-refractivity contribution in [3.63, 3.8) is 0 Å². The fourth-order valence-corrected chi connectivity index (χ4v) is 1.12. The number of benzene rings is 1. The summed E-state index contributed by atoms with van der Waals surface area (Å²) >= 11 is 0. The molecule has 0 fully saturated rings. The number of halogens is 3. The van der Waals surface area contributed by atoms with Crippen LogP contribution in [0.4, 0.5) is 12.9 Å². The molecule has 1 aromatic carbocycles. The summed E-state index contributed by atoms with van der Waals surface area (Å²) in [5.74, 6) is 0. The van der Waals surface area contributed by atoms with Crippen LogP contribution in [0.5, 0.6) is 0 Å². The minimum atomic E-state index is -4.89. The third-order valence-corrected chi connectivity index (χ3v) is 2.14. The molecule has 0 saturated heterocycles. The molecule has 1 atom stereocenters. The lowest BCUT2D eigenvalue weighted by atomic mass is 9.80. The van der Waals surface area contributed by atoms with Crippen molar-refractivity contribution in [1.29, 1.82) is 0 Å². The Bertz CT molecular complexity index is 294. The van der Waals surface area contributed by atoms with E-state index in [2.05, 4.69) is 0 Å². The van der Waals surface area contributed by atoms with Gasteiger partial charge in [-0.05, 0) is 12.5 Å². The summed E-state index contributed by atoms with van der Waals surface area (Å²) in [5, 5.41) is 0. The molecule has 14 heavy (non-hydrogen) atoms. The van der Waals surface area contributed by atoms with Crippen molar-refractivity contribution in [1.82, 2.24) is 0 Å². The van der Waals surface area contributed by atoms with Crippen molar-refractivity contribution in [2.45, 2.75) is 13.0 Å². The van der Waals surface area contributed by atoms with E-state index in [4.69, 9.17) is 4.74 Å². The largest absolute Gasteiger partial charge is 0.509 e. The monoisotopic (exact) mass is 203 g/mol. The molecule has 5 heteroatoms. The molecule has 0 aliphatic carbocycles. The predicted octanol–water partition coefficient (Wildman–Crippen LogP) is 2.45. The molecule has 1 rings (SSSR count). The number of hydrogen-bond donors (Lipinski definition) is 0. The molecule has 0 amide bonds. The molecule has 78 valence electrons. The van der Waals surface area contributed by atoms with E-state index in [9.17, 15) is 12.9 Å². The Labute approximate surface area is 80.9 Å². The molecule has 0 N–H and O–H groups in total. The highest BCUT2D eigenvalue weighted by atomic mass is 19.4. The molecule has 0 aliphatic rings. The first-order valence-electron chi connectivity index (χ1n) is 4.27. The van der Waals surface area contributed by atoms with E-state index in [1.54, 1.807) is 6.92 Å². The molecule has 0 bridgehead atoms. The van der Waals surface area contributed by atoms with Crippen LogP contribution in [0, 0.1) is 0 Å². The zero-order valence-electron chi connectivity index (χ0n) is 8.01. The molecule has 0 spiro atoms. The van der Waals surface area contributed by atoms with Gasteiger partial charge in [-0.15, -0.1) is 5.46 Å². The number of rotatable bonds is 3. The maximum Gasteiger partial charge on any atom is 0.509 e. The average molecular weight is 203 g/mol. The second-order valence-electron chi connectivity index (χ2n) is 3.12. The van der Waals surface area contributed by atoms with Crippen LogP contribution in [0.1, 0.15) is 18.6 Å². The fraction of sp³-hybridized carbons (Fsp3) is 0.333. The molecular formula is C9H11BF3O-. The van der Waals surface area contributed by atoms with Gasteiger partial charge in [0.05, 0.1) is 6.10 Å². The lowest BCUT2D eigenvalue weighted by Crippen LogP contribution is -2.33. The molecule has 0 saturated carbocycles. The molecule has 0 heterocycles. The number of hydrogen-bond acceptors (Lipinski definition) is 1. The van der Waals surface area contributed by atoms with Crippen molar-refractivity contribution in [3.05, 3.63) is 29.8 Å². The second-order valence-corrected chi connectivity index (χ2v) is 3.12. The van der Waals surface area contributed by atoms with Crippen LogP contribution in [0.25, 0.3) is 0 Å². The van der Waals surface area contributed by atoms with Gasteiger partial charge in [-0.1, -0.05) is 24.3 Å². The summed E-state index contributed by atoms with van der Waals surface area (Å²) in [7, 11) is 1.52. The number of methoxy groups -OCH3 is 1. The lowest BCUT2D eigenvalue weighted by Gasteiger charge is -2.16. The average Bonchev–Trinajstić information content (AvgIpc) is 2.15. The Morgan fingerprint density at radius 1 is 1.14 bits per heavy atom. The van der Waals surface area contributed by atoms with Crippen LogP contribution in [-0.2, 0) is 4.74 Å². The third-order valence-electron chi connectivity index (χ3n) is 2.14. The first kappa shape index (κ1) is 11.1. The van der Waals surface area contributed by atoms with E-state index < -0.39 is 12.4 Å². The van der Waals surface area contributed by atoms with Crippen molar-refractivity contribution >= 4 is 12.4 Å². The summed E-state index contributed by atoms with van der Waals surface area (Å²) in [6.07, 6.45) is -0.176. The number of ether oxygens (including phenoxy) is 1. The van der Waals surface area contributed by atoms with Gasteiger partial charge in [0.15, 0.2) is 0 Å². The maximum absolute atomic E-state index is 12.2. The normalized spacial score (nSPS) is 14.1. The van der Waals surface area contributed by atoms with Gasteiger partial charge in [0.2, 0.25) is 0 Å². The molecule has 0 aliphatic heterocycles. The van der Waals surface area contributed by atoms with E-state index in [0.717, 1.165) is 17.7 Å². The van der Waals surface area contributed by atoms with Gasteiger partial charge in [-0.2, -0.15) is 0 Å². The van der Waals surface area contributed by atoms with Crippen molar-refractivity contribution < 1.29 is 17.7 Å². The topological polar surface area (TPSA) is 9.23 Å². The van der Waals surface area contributed by atoms with Crippen LogP contribution in [0.3, 0.4) is 0 Å². The molecule has 0 radical (unpaired) electrons. The van der Waals surface area contributed by atoms with Crippen LogP contribution >= 0.6 is 0 Å². The van der Waals surface area contributed by atoms with Crippen molar-refractivity contribution in [3.8, 4) is 0 Å². The van der Waals surface area contributed by atoms with Crippen LogP contribution in [0.2, 0.25) is 0 Å². The fourth-order valence-electron chi connectivity index (χ4n) is 1.12. The first-order valence-corrected chi connectivity index (χ1v) is 4.27. The van der Waals surface area contributed by atoms with Gasteiger partial charge < -0.3 is 17.7 Å². The quantitative estimate of drug-likeness (QED) is 0.685. The van der Waals surface area contributed by atoms with Gasteiger partial charge in [0.25, 0.3) is 0 Å². The summed E-state index contributed by atoms with van der Waals surface area (Å²) in [4.78, 5) is 0. The highest BCUT2D eigenvalue weighted by Crippen LogP contribution is 2.16. The Hall–Kier alpha value is -0.965. The van der Waals surface area contributed by atoms with E-state index in [0.29, 0.717) is 0 Å². The highest BCUT2D eigenvalue weighted by molar-refractivity contribution is 6.73. The van der Waals surface area contributed by atoms with Gasteiger partial charge in [0.1, 0.15) is 0 Å². The minimum absolute atomic E-state index is 0.176. The standard InChI is InChI=1S/C9H11BF3O/c1-7(14-2)8-3-5-9(6-4-8)10(11,12)13/h3-7H,1-2H3/q-1. The smallest absolute Gasteiger partial charge is 0.445 e. The van der Waals surface area contributed by atoms with Gasteiger partial charge >= 0.3 is 6.98 Å². The summed E-state index contributed by atoms with van der Waals surface area (Å²) in [6, 6.07) is 5.06. The van der Waals surface area contributed by atoms with E-state index in [1.165, 1.54) is 19.2 Å². The third kappa shape index (κ3) is 2.51. The van der Waals surface area contributed by atoms with Crippen LogP contribution in [-0.4, -0.2) is 14.1 Å². The summed E-state index contributed by atoms with van der Waals surface area (Å²) in [6.45, 7) is -3.10. The van der Waals surface area contributed by atoms with Gasteiger partial charge in [-0.25, -0.2) is 0 Å².